The van der Waals surface area contributed by atoms with Gasteiger partial charge in [0.05, 0.1) is 6.54 Å². The van der Waals surface area contributed by atoms with Gasteiger partial charge in [-0.1, -0.05) is 18.2 Å². The predicted octanol–water partition coefficient (Wildman–Crippen LogP) is 1.12. The van der Waals surface area contributed by atoms with Crippen molar-refractivity contribution < 1.29 is 14.3 Å². The fourth-order valence-corrected chi connectivity index (χ4v) is 2.86. The Morgan fingerprint density at radius 1 is 1.24 bits per heavy atom. The molecule has 1 unspecified atom stereocenters. The smallest absolute Gasteiger partial charge is 0.261 e. The fraction of sp³-hybridized carbons (Fsp3) is 0.500. The zero-order valence-electron chi connectivity index (χ0n) is 12.0. The highest BCUT2D eigenvalue weighted by molar-refractivity contribution is 5.87. The Labute approximate surface area is 124 Å². The molecule has 1 saturated heterocycles. The molecular weight excluding hydrogens is 268 g/mol. The minimum atomic E-state index is -0.494. The Hall–Kier alpha value is -2.04. The summed E-state index contributed by atoms with van der Waals surface area (Å²) in [5.74, 6) is 0.573. The van der Waals surface area contributed by atoms with E-state index in [1.165, 1.54) is 0 Å². The summed E-state index contributed by atoms with van der Waals surface area (Å²) in [6.07, 6.45) is 3.10. The number of carbonyl (C=O) groups is 2. The summed E-state index contributed by atoms with van der Waals surface area (Å²) in [6.45, 7) is 1.68. The van der Waals surface area contributed by atoms with Gasteiger partial charge in [0.25, 0.3) is 5.91 Å². The molecule has 2 heterocycles. The van der Waals surface area contributed by atoms with Crippen LogP contribution in [0.15, 0.2) is 24.3 Å². The van der Waals surface area contributed by atoms with Gasteiger partial charge in [0.15, 0.2) is 6.10 Å². The van der Waals surface area contributed by atoms with E-state index >= 15 is 0 Å². The van der Waals surface area contributed by atoms with Crippen LogP contribution in [0.3, 0.4) is 0 Å². The van der Waals surface area contributed by atoms with Gasteiger partial charge >= 0.3 is 0 Å². The molecule has 5 heteroatoms. The minimum Gasteiger partial charge on any atom is -0.480 e. The van der Waals surface area contributed by atoms with Crippen LogP contribution >= 0.6 is 0 Å². The van der Waals surface area contributed by atoms with E-state index in [0.29, 0.717) is 6.42 Å². The van der Waals surface area contributed by atoms with E-state index in [4.69, 9.17) is 4.74 Å². The average Bonchev–Trinajstić information content (AvgIpc) is 3.06. The second kappa shape index (κ2) is 6.16. The lowest BCUT2D eigenvalue weighted by molar-refractivity contribution is -0.134. The number of para-hydroxylation sites is 1. The summed E-state index contributed by atoms with van der Waals surface area (Å²) in [5.41, 5.74) is 1.13. The summed E-state index contributed by atoms with van der Waals surface area (Å²) in [5, 5.41) is 2.70. The Balaban J connectivity index is 1.51. The second-order valence-corrected chi connectivity index (χ2v) is 5.56. The molecule has 0 aliphatic carbocycles. The van der Waals surface area contributed by atoms with Gasteiger partial charge in [-0.05, 0) is 37.3 Å². The van der Waals surface area contributed by atoms with Crippen molar-refractivity contribution in [1.82, 2.24) is 10.2 Å². The van der Waals surface area contributed by atoms with Crippen molar-refractivity contribution >= 4 is 11.8 Å². The van der Waals surface area contributed by atoms with Crippen LogP contribution < -0.4 is 10.1 Å². The number of amides is 2. The number of likely N-dealkylation sites (tertiary alicyclic amines) is 1. The monoisotopic (exact) mass is 288 g/mol. The van der Waals surface area contributed by atoms with Crippen LogP contribution in [-0.4, -0.2) is 42.5 Å². The number of fused-ring (bicyclic) bond motifs is 1. The molecule has 0 aromatic heterocycles. The maximum absolute atomic E-state index is 12.1. The van der Waals surface area contributed by atoms with Gasteiger partial charge in [0, 0.05) is 13.1 Å². The molecule has 0 bridgehead atoms. The van der Waals surface area contributed by atoms with Gasteiger partial charge < -0.3 is 15.0 Å². The third-order valence-corrected chi connectivity index (χ3v) is 4.08. The highest BCUT2D eigenvalue weighted by Crippen LogP contribution is 2.26. The fourth-order valence-electron chi connectivity index (χ4n) is 2.86. The van der Waals surface area contributed by atoms with Crippen molar-refractivity contribution in [1.29, 1.82) is 0 Å². The topological polar surface area (TPSA) is 58.6 Å². The average molecular weight is 288 g/mol. The molecular formula is C16H20N2O3. The molecule has 1 fully saturated rings. The number of benzene rings is 1. The van der Waals surface area contributed by atoms with Crippen molar-refractivity contribution in [3.8, 4) is 5.75 Å². The molecule has 2 amide bonds. The van der Waals surface area contributed by atoms with Gasteiger partial charge in [-0.15, -0.1) is 0 Å². The number of rotatable bonds is 3. The number of aryl methyl sites for hydroxylation is 1. The van der Waals surface area contributed by atoms with Crippen LogP contribution in [0, 0.1) is 0 Å². The maximum Gasteiger partial charge on any atom is 0.261 e. The highest BCUT2D eigenvalue weighted by atomic mass is 16.5. The first-order valence-corrected chi connectivity index (χ1v) is 7.54. The van der Waals surface area contributed by atoms with E-state index in [-0.39, 0.29) is 18.4 Å². The quantitative estimate of drug-likeness (QED) is 0.906. The number of hydrogen-bond acceptors (Lipinski definition) is 3. The van der Waals surface area contributed by atoms with Gasteiger partial charge in [0.1, 0.15) is 5.75 Å². The molecule has 5 nitrogen and oxygen atoms in total. The third-order valence-electron chi connectivity index (χ3n) is 4.08. The zero-order valence-corrected chi connectivity index (χ0v) is 12.0. The Bertz CT molecular complexity index is 538. The molecule has 0 spiro atoms. The van der Waals surface area contributed by atoms with Crippen LogP contribution in [0.5, 0.6) is 5.75 Å². The molecule has 1 aromatic rings. The van der Waals surface area contributed by atoms with Crippen LogP contribution in [-0.2, 0) is 16.0 Å². The molecule has 3 rings (SSSR count). The summed E-state index contributed by atoms with van der Waals surface area (Å²) in [7, 11) is 0. The van der Waals surface area contributed by atoms with Crippen molar-refractivity contribution in [3.63, 3.8) is 0 Å². The zero-order chi connectivity index (χ0) is 14.7. The van der Waals surface area contributed by atoms with E-state index in [1.54, 1.807) is 4.90 Å². The van der Waals surface area contributed by atoms with Gasteiger partial charge in [0.2, 0.25) is 5.91 Å². The first-order valence-electron chi connectivity index (χ1n) is 7.54. The number of hydrogen-bond donors (Lipinski definition) is 1. The lowest BCUT2D eigenvalue weighted by Crippen LogP contribution is -2.45. The Kier molecular flexibility index (Phi) is 4.08. The van der Waals surface area contributed by atoms with Gasteiger partial charge in [-0.2, -0.15) is 0 Å². The summed E-state index contributed by atoms with van der Waals surface area (Å²) < 4.78 is 5.71. The van der Waals surface area contributed by atoms with Crippen LogP contribution in [0.4, 0.5) is 0 Å². The molecule has 0 saturated carbocycles. The van der Waals surface area contributed by atoms with E-state index in [0.717, 1.165) is 43.7 Å². The van der Waals surface area contributed by atoms with Crippen LogP contribution in [0.2, 0.25) is 0 Å². The highest BCUT2D eigenvalue weighted by Gasteiger charge is 2.26. The number of ether oxygens (including phenoxy) is 1. The first-order chi connectivity index (χ1) is 10.2. The van der Waals surface area contributed by atoms with E-state index in [9.17, 15) is 9.59 Å². The molecule has 21 heavy (non-hydrogen) atoms. The number of carbonyl (C=O) groups excluding carboxylic acids is 2. The molecule has 112 valence electrons. The molecule has 2 aliphatic rings. The van der Waals surface area contributed by atoms with Crippen molar-refractivity contribution in [2.24, 2.45) is 0 Å². The first kappa shape index (κ1) is 13.9. The SMILES string of the molecule is O=C(NCC(=O)N1CCCC1)C1CCc2ccccc2O1. The number of nitrogens with one attached hydrogen (secondary N) is 1. The van der Waals surface area contributed by atoms with Crippen molar-refractivity contribution in [2.75, 3.05) is 19.6 Å². The summed E-state index contributed by atoms with van der Waals surface area (Å²) in [6, 6.07) is 7.76. The molecule has 0 radical (unpaired) electrons. The van der Waals surface area contributed by atoms with Gasteiger partial charge in [-0.3, -0.25) is 9.59 Å². The largest absolute Gasteiger partial charge is 0.480 e. The van der Waals surface area contributed by atoms with Crippen molar-refractivity contribution in [3.05, 3.63) is 29.8 Å². The maximum atomic E-state index is 12.1. The van der Waals surface area contributed by atoms with Crippen LogP contribution in [0.25, 0.3) is 0 Å². The summed E-state index contributed by atoms with van der Waals surface area (Å²) in [4.78, 5) is 25.8. The van der Waals surface area contributed by atoms with Crippen LogP contribution in [0.1, 0.15) is 24.8 Å². The van der Waals surface area contributed by atoms with Gasteiger partial charge in [-0.25, -0.2) is 0 Å². The standard InChI is InChI=1S/C16H20N2O3/c19-15(18-9-3-4-10-18)11-17-16(20)14-8-7-12-5-1-2-6-13(12)21-14/h1-2,5-6,14H,3-4,7-11H2,(H,17,20). The van der Waals surface area contributed by atoms with E-state index in [2.05, 4.69) is 5.32 Å². The lowest BCUT2D eigenvalue weighted by atomic mass is 10.0. The second-order valence-electron chi connectivity index (χ2n) is 5.56. The molecule has 1 aromatic carbocycles. The minimum absolute atomic E-state index is 0.00272. The normalized spacial score (nSPS) is 20.6. The third kappa shape index (κ3) is 3.17. The number of nitrogens with zero attached hydrogens (tertiary/aromatic N) is 1. The van der Waals surface area contributed by atoms with E-state index < -0.39 is 6.10 Å². The molecule has 2 aliphatic heterocycles. The lowest BCUT2D eigenvalue weighted by Gasteiger charge is -2.25. The molecule has 1 atom stereocenters. The van der Waals surface area contributed by atoms with Crippen molar-refractivity contribution in [2.45, 2.75) is 31.8 Å². The summed E-state index contributed by atoms with van der Waals surface area (Å²) >= 11 is 0. The van der Waals surface area contributed by atoms with E-state index in [1.807, 2.05) is 24.3 Å². The Morgan fingerprint density at radius 3 is 2.81 bits per heavy atom. The molecule has 1 N–H and O–H groups in total. The Morgan fingerprint density at radius 2 is 2.00 bits per heavy atom. The predicted molar refractivity (Wildman–Crippen MR) is 78.0 cm³/mol.